The summed E-state index contributed by atoms with van der Waals surface area (Å²) in [7, 11) is 2.18. The Balaban J connectivity index is 1.73. The lowest BCUT2D eigenvalue weighted by molar-refractivity contribution is -0.883. The summed E-state index contributed by atoms with van der Waals surface area (Å²) < 4.78 is 5.48. The normalized spacial score (nSPS) is 19.3. The fourth-order valence-electron chi connectivity index (χ4n) is 3.66. The third-order valence-electron chi connectivity index (χ3n) is 5.29. The number of hydrogen-bond acceptors (Lipinski definition) is 6. The molecule has 0 aliphatic carbocycles. The number of likely N-dealkylation sites (N-methyl/N-ethyl adjacent to an activating group) is 1. The van der Waals surface area contributed by atoms with Crippen molar-refractivity contribution >= 4 is 33.3 Å². The highest BCUT2D eigenvalue weighted by molar-refractivity contribution is 7.20. The molecule has 7 nitrogen and oxygen atoms in total. The predicted molar refractivity (Wildman–Crippen MR) is 102 cm³/mol. The molecule has 2 aliphatic heterocycles. The number of amides is 1. The van der Waals surface area contributed by atoms with Gasteiger partial charge in [0.2, 0.25) is 0 Å². The van der Waals surface area contributed by atoms with E-state index in [2.05, 4.69) is 16.9 Å². The van der Waals surface area contributed by atoms with Crippen LogP contribution in [-0.4, -0.2) is 80.3 Å². The summed E-state index contributed by atoms with van der Waals surface area (Å²) in [5, 5.41) is 1.03. The van der Waals surface area contributed by atoms with Gasteiger partial charge < -0.3 is 19.4 Å². The van der Waals surface area contributed by atoms with Crippen LogP contribution in [0.4, 0.5) is 5.82 Å². The first-order chi connectivity index (χ1) is 12.5. The Hall–Kier alpha value is -1.77. The van der Waals surface area contributed by atoms with Crippen LogP contribution in [0.15, 0.2) is 0 Å². The predicted octanol–water partition coefficient (Wildman–Crippen LogP) is 0.115. The Morgan fingerprint density at radius 1 is 1.12 bits per heavy atom. The molecule has 140 valence electrons. The molecule has 2 aliphatic rings. The first kappa shape index (κ1) is 17.6. The summed E-state index contributed by atoms with van der Waals surface area (Å²) in [6.45, 7) is 10.7. The third-order valence-corrected chi connectivity index (χ3v) is 6.47. The molecular weight excluding hydrogens is 350 g/mol. The maximum Gasteiger partial charge on any atom is 0.264 e. The SMILES string of the molecule is Cc1nc(N2CCOCC2)c2c(C)c(C(=O)N3CC[NH+](C)CC3)sc2n1. The fourth-order valence-corrected chi connectivity index (χ4v) is 4.85. The lowest BCUT2D eigenvalue weighted by atomic mass is 10.1. The Bertz CT molecular complexity index is 823. The van der Waals surface area contributed by atoms with Gasteiger partial charge in [0.25, 0.3) is 5.91 Å². The highest BCUT2D eigenvalue weighted by Crippen LogP contribution is 2.36. The van der Waals surface area contributed by atoms with Crippen molar-refractivity contribution in [2.45, 2.75) is 13.8 Å². The average molecular weight is 377 g/mol. The number of anilines is 1. The summed E-state index contributed by atoms with van der Waals surface area (Å²) >= 11 is 1.51. The van der Waals surface area contributed by atoms with Gasteiger partial charge in [-0.2, -0.15) is 0 Å². The number of aryl methyl sites for hydroxylation is 2. The number of thiophene rings is 1. The van der Waals surface area contributed by atoms with Crippen LogP contribution in [-0.2, 0) is 4.74 Å². The molecule has 0 bridgehead atoms. The maximum atomic E-state index is 13.1. The first-order valence-electron chi connectivity index (χ1n) is 9.25. The van der Waals surface area contributed by atoms with Gasteiger partial charge in [0.05, 0.1) is 56.7 Å². The molecule has 0 radical (unpaired) electrons. The molecule has 4 rings (SSSR count). The number of carbonyl (C=O) groups is 1. The number of fused-ring (bicyclic) bond motifs is 1. The maximum absolute atomic E-state index is 13.1. The summed E-state index contributed by atoms with van der Waals surface area (Å²) in [5.41, 5.74) is 1.02. The molecule has 2 fully saturated rings. The van der Waals surface area contributed by atoms with E-state index in [1.165, 1.54) is 16.2 Å². The number of ether oxygens (including phenoxy) is 1. The van der Waals surface area contributed by atoms with E-state index < -0.39 is 0 Å². The van der Waals surface area contributed by atoms with Gasteiger partial charge in [0.1, 0.15) is 16.5 Å². The Morgan fingerprint density at radius 3 is 2.50 bits per heavy atom. The molecule has 2 aromatic rings. The number of carbonyl (C=O) groups excluding carboxylic acids is 1. The standard InChI is InChI=1S/C18H25N5O2S/c1-12-14-16(22-8-10-25-11-9-22)19-13(2)20-17(14)26-15(12)18(24)23-6-4-21(3)5-7-23/h4-11H2,1-3H3/p+1. The minimum absolute atomic E-state index is 0.142. The van der Waals surface area contributed by atoms with E-state index >= 15 is 0 Å². The molecule has 8 heteroatoms. The first-order valence-corrected chi connectivity index (χ1v) is 10.1. The van der Waals surface area contributed by atoms with Crippen LogP contribution in [0.5, 0.6) is 0 Å². The number of quaternary nitrogens is 1. The van der Waals surface area contributed by atoms with Crippen molar-refractivity contribution in [3.05, 3.63) is 16.3 Å². The van der Waals surface area contributed by atoms with Crippen LogP contribution in [0.25, 0.3) is 10.2 Å². The number of rotatable bonds is 2. The van der Waals surface area contributed by atoms with Gasteiger partial charge in [-0.25, -0.2) is 9.97 Å². The molecule has 0 spiro atoms. The van der Waals surface area contributed by atoms with Gasteiger partial charge in [-0.05, 0) is 19.4 Å². The van der Waals surface area contributed by atoms with Crippen molar-refractivity contribution in [2.24, 2.45) is 0 Å². The molecule has 0 aromatic carbocycles. The van der Waals surface area contributed by atoms with Crippen LogP contribution in [0, 0.1) is 13.8 Å². The van der Waals surface area contributed by atoms with Crippen LogP contribution in [0.2, 0.25) is 0 Å². The van der Waals surface area contributed by atoms with Gasteiger partial charge in [-0.15, -0.1) is 11.3 Å². The zero-order valence-electron chi connectivity index (χ0n) is 15.7. The smallest absolute Gasteiger partial charge is 0.264 e. The number of nitrogens with one attached hydrogen (secondary N) is 1. The number of morpholine rings is 1. The Morgan fingerprint density at radius 2 is 1.81 bits per heavy atom. The van der Waals surface area contributed by atoms with Crippen molar-refractivity contribution in [3.63, 3.8) is 0 Å². The van der Waals surface area contributed by atoms with Crippen molar-refractivity contribution in [3.8, 4) is 0 Å². The minimum Gasteiger partial charge on any atom is -0.378 e. The van der Waals surface area contributed by atoms with Crippen molar-refractivity contribution in [1.82, 2.24) is 14.9 Å². The highest BCUT2D eigenvalue weighted by atomic mass is 32.1. The number of nitrogens with zero attached hydrogens (tertiary/aromatic N) is 4. The summed E-state index contributed by atoms with van der Waals surface area (Å²) in [6, 6.07) is 0. The van der Waals surface area contributed by atoms with E-state index in [1.807, 2.05) is 18.7 Å². The van der Waals surface area contributed by atoms with Crippen LogP contribution < -0.4 is 9.80 Å². The van der Waals surface area contributed by atoms with E-state index in [0.717, 1.165) is 71.6 Å². The van der Waals surface area contributed by atoms with Gasteiger partial charge in [-0.1, -0.05) is 0 Å². The van der Waals surface area contributed by atoms with Crippen molar-refractivity contribution < 1.29 is 14.4 Å². The highest BCUT2D eigenvalue weighted by Gasteiger charge is 2.28. The lowest BCUT2D eigenvalue weighted by Gasteiger charge is -2.30. The zero-order valence-corrected chi connectivity index (χ0v) is 16.5. The molecule has 1 N–H and O–H groups in total. The quantitative estimate of drug-likeness (QED) is 0.806. The second-order valence-corrected chi connectivity index (χ2v) is 8.18. The molecule has 0 atom stereocenters. The van der Waals surface area contributed by atoms with Crippen LogP contribution in [0.1, 0.15) is 21.1 Å². The van der Waals surface area contributed by atoms with Gasteiger partial charge in [0, 0.05) is 13.1 Å². The molecule has 4 heterocycles. The number of piperazine rings is 1. The van der Waals surface area contributed by atoms with Gasteiger partial charge in [-0.3, -0.25) is 4.79 Å². The molecule has 26 heavy (non-hydrogen) atoms. The van der Waals surface area contributed by atoms with E-state index in [0.29, 0.717) is 13.2 Å². The molecular formula is C18H26N5O2S+. The zero-order chi connectivity index (χ0) is 18.3. The average Bonchev–Trinajstić information content (AvgIpc) is 2.98. The molecule has 0 unspecified atom stereocenters. The topological polar surface area (TPSA) is 63.0 Å². The summed E-state index contributed by atoms with van der Waals surface area (Å²) in [5.74, 6) is 1.84. The summed E-state index contributed by atoms with van der Waals surface area (Å²) in [6.07, 6.45) is 0. The van der Waals surface area contributed by atoms with Gasteiger partial charge >= 0.3 is 0 Å². The van der Waals surface area contributed by atoms with Crippen LogP contribution in [0.3, 0.4) is 0 Å². The second kappa shape index (κ2) is 7.09. The summed E-state index contributed by atoms with van der Waals surface area (Å²) in [4.78, 5) is 29.9. The van der Waals surface area contributed by atoms with E-state index in [1.54, 1.807) is 0 Å². The van der Waals surface area contributed by atoms with E-state index in [4.69, 9.17) is 9.72 Å². The largest absolute Gasteiger partial charge is 0.378 e. The second-order valence-electron chi connectivity index (χ2n) is 7.18. The van der Waals surface area contributed by atoms with Crippen molar-refractivity contribution in [2.75, 3.05) is 64.4 Å². The van der Waals surface area contributed by atoms with E-state index in [-0.39, 0.29) is 5.91 Å². The van der Waals surface area contributed by atoms with Crippen LogP contribution >= 0.6 is 11.3 Å². The number of hydrogen-bond donors (Lipinski definition) is 1. The molecule has 0 saturated carbocycles. The number of aromatic nitrogens is 2. The molecule has 2 saturated heterocycles. The Kier molecular flexibility index (Phi) is 4.81. The Labute approximate surface area is 157 Å². The van der Waals surface area contributed by atoms with E-state index in [9.17, 15) is 4.79 Å². The monoisotopic (exact) mass is 376 g/mol. The molecule has 2 aromatic heterocycles. The lowest BCUT2D eigenvalue weighted by Crippen LogP contribution is -3.12. The van der Waals surface area contributed by atoms with Crippen molar-refractivity contribution in [1.29, 1.82) is 0 Å². The fraction of sp³-hybridized carbons (Fsp3) is 0.611. The molecule has 1 amide bonds. The van der Waals surface area contributed by atoms with Gasteiger partial charge in [0.15, 0.2) is 0 Å². The minimum atomic E-state index is 0.142. The third kappa shape index (κ3) is 3.17.